The molecule has 0 saturated heterocycles. The van der Waals surface area contributed by atoms with Gasteiger partial charge in [0.05, 0.1) is 18.0 Å². The summed E-state index contributed by atoms with van der Waals surface area (Å²) in [6, 6.07) is 13.8. The number of nitrogens with zero attached hydrogens (tertiary/aromatic N) is 2. The summed E-state index contributed by atoms with van der Waals surface area (Å²) in [5, 5.41) is 0. The van der Waals surface area contributed by atoms with Crippen LogP contribution in [0.2, 0.25) is 0 Å². The molecule has 1 aliphatic heterocycles. The third-order valence-electron chi connectivity index (χ3n) is 4.09. The lowest BCUT2D eigenvalue weighted by molar-refractivity contribution is -0.126. The van der Waals surface area contributed by atoms with E-state index in [4.69, 9.17) is 0 Å². The number of nitrogens with one attached hydrogen (secondary N) is 2. The van der Waals surface area contributed by atoms with E-state index in [1.54, 1.807) is 6.20 Å². The minimum atomic E-state index is -0.224. The SMILES string of the molecule is O=C(CSCc1ccccn1)NNC(=O)CN1CCCc2ccccc21. The monoisotopic (exact) mass is 370 g/mol. The molecule has 2 N–H and O–H groups in total. The molecule has 0 atom stereocenters. The number of thioether (sulfide) groups is 1. The topological polar surface area (TPSA) is 74.3 Å². The number of rotatable bonds is 6. The summed E-state index contributed by atoms with van der Waals surface area (Å²) in [7, 11) is 0. The molecular formula is C19H22N4O2S. The van der Waals surface area contributed by atoms with E-state index >= 15 is 0 Å². The van der Waals surface area contributed by atoms with Gasteiger partial charge in [-0.3, -0.25) is 25.4 Å². The van der Waals surface area contributed by atoms with E-state index in [1.165, 1.54) is 17.3 Å². The lowest BCUT2D eigenvalue weighted by Gasteiger charge is -2.30. The maximum absolute atomic E-state index is 12.1. The van der Waals surface area contributed by atoms with Crippen molar-refractivity contribution >= 4 is 29.3 Å². The van der Waals surface area contributed by atoms with Gasteiger partial charge in [-0.05, 0) is 36.6 Å². The van der Waals surface area contributed by atoms with Gasteiger partial charge in [0.2, 0.25) is 5.91 Å². The van der Waals surface area contributed by atoms with E-state index in [1.807, 2.05) is 36.4 Å². The third-order valence-corrected chi connectivity index (χ3v) is 5.06. The molecule has 3 rings (SSSR count). The van der Waals surface area contributed by atoms with E-state index in [2.05, 4.69) is 26.8 Å². The quantitative estimate of drug-likeness (QED) is 0.760. The highest BCUT2D eigenvalue weighted by Crippen LogP contribution is 2.26. The molecule has 26 heavy (non-hydrogen) atoms. The summed E-state index contributed by atoms with van der Waals surface area (Å²) in [6.45, 7) is 1.08. The number of aryl methyl sites for hydroxylation is 1. The van der Waals surface area contributed by atoms with Gasteiger partial charge in [-0.1, -0.05) is 24.3 Å². The fourth-order valence-corrected chi connectivity index (χ4v) is 3.64. The molecule has 0 unspecified atom stereocenters. The average Bonchev–Trinajstić information content (AvgIpc) is 2.67. The minimum Gasteiger partial charge on any atom is -0.362 e. The highest BCUT2D eigenvalue weighted by Gasteiger charge is 2.18. The number of hydrogen-bond donors (Lipinski definition) is 2. The second-order valence-electron chi connectivity index (χ2n) is 6.06. The zero-order valence-electron chi connectivity index (χ0n) is 14.5. The van der Waals surface area contributed by atoms with Crippen molar-refractivity contribution in [1.29, 1.82) is 0 Å². The van der Waals surface area contributed by atoms with Crippen LogP contribution in [0.3, 0.4) is 0 Å². The van der Waals surface area contributed by atoms with Crippen LogP contribution in [0.1, 0.15) is 17.7 Å². The van der Waals surface area contributed by atoms with E-state index < -0.39 is 0 Å². The molecule has 0 spiro atoms. The van der Waals surface area contributed by atoms with Crippen LogP contribution in [0.25, 0.3) is 0 Å². The summed E-state index contributed by atoms with van der Waals surface area (Å²) in [5.74, 6) is 0.485. The van der Waals surface area contributed by atoms with Gasteiger partial charge >= 0.3 is 0 Å². The summed E-state index contributed by atoms with van der Waals surface area (Å²) in [6.07, 6.45) is 3.80. The predicted molar refractivity (Wildman–Crippen MR) is 104 cm³/mol. The van der Waals surface area contributed by atoms with Crippen LogP contribution < -0.4 is 15.8 Å². The largest absolute Gasteiger partial charge is 0.362 e. The number of hydrazine groups is 1. The zero-order valence-corrected chi connectivity index (χ0v) is 15.3. The van der Waals surface area contributed by atoms with E-state index in [-0.39, 0.29) is 24.1 Å². The van der Waals surface area contributed by atoms with E-state index in [0.717, 1.165) is 30.8 Å². The molecule has 2 heterocycles. The highest BCUT2D eigenvalue weighted by molar-refractivity contribution is 7.99. The van der Waals surface area contributed by atoms with Gasteiger partial charge in [0, 0.05) is 24.2 Å². The summed E-state index contributed by atoms with van der Waals surface area (Å²) < 4.78 is 0. The fraction of sp³-hybridized carbons (Fsp3) is 0.316. The molecular weight excluding hydrogens is 348 g/mol. The van der Waals surface area contributed by atoms with Gasteiger partial charge in [-0.2, -0.15) is 0 Å². The number of anilines is 1. The number of para-hydroxylation sites is 1. The van der Waals surface area contributed by atoms with E-state index in [0.29, 0.717) is 5.75 Å². The molecule has 0 fully saturated rings. The van der Waals surface area contributed by atoms with Crippen molar-refractivity contribution in [2.75, 3.05) is 23.7 Å². The summed E-state index contributed by atoms with van der Waals surface area (Å²) in [4.78, 5) is 30.2. The Morgan fingerprint density at radius 3 is 2.73 bits per heavy atom. The molecule has 1 aliphatic rings. The molecule has 0 aliphatic carbocycles. The zero-order chi connectivity index (χ0) is 18.2. The lowest BCUT2D eigenvalue weighted by Crippen LogP contribution is -2.47. The number of pyridine rings is 1. The maximum atomic E-state index is 12.1. The first-order valence-electron chi connectivity index (χ1n) is 8.60. The Balaban J connectivity index is 1.38. The van der Waals surface area contributed by atoms with Gasteiger partial charge in [-0.25, -0.2) is 0 Å². The molecule has 2 amide bonds. The van der Waals surface area contributed by atoms with Crippen LogP contribution in [0.5, 0.6) is 0 Å². The molecule has 0 saturated carbocycles. The van der Waals surface area contributed by atoms with Crippen LogP contribution in [-0.2, 0) is 21.8 Å². The van der Waals surface area contributed by atoms with Crippen LogP contribution in [-0.4, -0.2) is 35.6 Å². The number of benzene rings is 1. The van der Waals surface area contributed by atoms with Crippen molar-refractivity contribution in [3.63, 3.8) is 0 Å². The Morgan fingerprint density at radius 2 is 1.88 bits per heavy atom. The molecule has 0 radical (unpaired) electrons. The Kier molecular flexibility index (Phi) is 6.49. The molecule has 6 nitrogen and oxygen atoms in total. The number of carbonyl (C=O) groups is 2. The van der Waals surface area contributed by atoms with Gasteiger partial charge in [0.15, 0.2) is 0 Å². The molecule has 7 heteroatoms. The number of hydrogen-bond acceptors (Lipinski definition) is 5. The standard InChI is InChI=1S/C19H22N4O2S/c24-18(12-23-11-5-7-15-6-1-2-9-17(15)23)21-22-19(25)14-26-13-16-8-3-4-10-20-16/h1-4,6,8-10H,5,7,11-14H2,(H,21,24)(H,22,25). The number of carbonyl (C=O) groups excluding carboxylic acids is 2. The molecule has 2 aromatic rings. The van der Waals surface area contributed by atoms with Gasteiger partial charge < -0.3 is 4.90 Å². The summed E-state index contributed by atoms with van der Waals surface area (Å²) in [5.41, 5.74) is 8.27. The van der Waals surface area contributed by atoms with Crippen molar-refractivity contribution in [3.8, 4) is 0 Å². The number of aromatic nitrogens is 1. The molecule has 136 valence electrons. The van der Waals surface area contributed by atoms with Crippen LogP contribution in [0.15, 0.2) is 48.7 Å². The number of amides is 2. The Hall–Kier alpha value is -2.54. The molecule has 0 bridgehead atoms. The normalized spacial score (nSPS) is 13.0. The van der Waals surface area contributed by atoms with Gasteiger partial charge in [-0.15, -0.1) is 11.8 Å². The second kappa shape index (κ2) is 9.24. The van der Waals surface area contributed by atoms with Crippen LogP contribution in [0.4, 0.5) is 5.69 Å². The maximum Gasteiger partial charge on any atom is 0.257 e. The Labute approximate surface area is 157 Å². The minimum absolute atomic E-state index is 0.218. The van der Waals surface area contributed by atoms with Gasteiger partial charge in [0.25, 0.3) is 5.91 Å². The molecule has 1 aromatic carbocycles. The van der Waals surface area contributed by atoms with Gasteiger partial charge in [0.1, 0.15) is 0 Å². The van der Waals surface area contributed by atoms with Crippen LogP contribution in [0, 0.1) is 0 Å². The smallest absolute Gasteiger partial charge is 0.257 e. The molecule has 1 aromatic heterocycles. The van der Waals surface area contributed by atoms with Crippen LogP contribution >= 0.6 is 11.8 Å². The van der Waals surface area contributed by atoms with Crippen molar-refractivity contribution in [2.24, 2.45) is 0 Å². The average molecular weight is 370 g/mol. The first-order valence-corrected chi connectivity index (χ1v) is 9.76. The lowest BCUT2D eigenvalue weighted by atomic mass is 10.0. The van der Waals surface area contributed by atoms with Crippen molar-refractivity contribution < 1.29 is 9.59 Å². The first kappa shape index (κ1) is 18.3. The second-order valence-corrected chi connectivity index (χ2v) is 7.05. The first-order chi connectivity index (χ1) is 12.7. The predicted octanol–water partition coefficient (Wildman–Crippen LogP) is 1.91. The van der Waals surface area contributed by atoms with Crippen molar-refractivity contribution in [2.45, 2.75) is 18.6 Å². The number of fused-ring (bicyclic) bond motifs is 1. The summed E-state index contributed by atoms with van der Waals surface area (Å²) >= 11 is 1.46. The Morgan fingerprint density at radius 1 is 1.08 bits per heavy atom. The Bertz CT molecular complexity index is 754. The van der Waals surface area contributed by atoms with Crippen molar-refractivity contribution in [1.82, 2.24) is 15.8 Å². The third kappa shape index (κ3) is 5.23. The fourth-order valence-electron chi connectivity index (χ4n) is 2.90. The highest BCUT2D eigenvalue weighted by atomic mass is 32.2. The van der Waals surface area contributed by atoms with E-state index in [9.17, 15) is 9.59 Å². The van der Waals surface area contributed by atoms with Crippen molar-refractivity contribution in [3.05, 3.63) is 59.9 Å².